The van der Waals surface area contributed by atoms with Crippen molar-refractivity contribution in [1.29, 1.82) is 5.26 Å². The van der Waals surface area contributed by atoms with Crippen LogP contribution in [0.3, 0.4) is 0 Å². The number of benzene rings is 1. The summed E-state index contributed by atoms with van der Waals surface area (Å²) in [4.78, 5) is 17.7. The lowest BCUT2D eigenvalue weighted by molar-refractivity contribution is 0.0993. The second kappa shape index (κ2) is 5.32. The number of aryl methyl sites for hydroxylation is 1. The molecule has 0 atom stereocenters. The average molecular weight is 251 g/mol. The number of hydrogen-bond acceptors (Lipinski definition) is 3. The van der Waals surface area contributed by atoms with E-state index in [0.29, 0.717) is 5.56 Å². The van der Waals surface area contributed by atoms with Crippen molar-refractivity contribution < 1.29 is 4.79 Å². The van der Waals surface area contributed by atoms with Crippen LogP contribution in [0, 0.1) is 18.3 Å². The number of amides is 1. The molecule has 1 aromatic heterocycles. The summed E-state index contributed by atoms with van der Waals surface area (Å²) in [5.74, 6) is -0.164. The molecule has 1 heterocycles. The molecule has 2 rings (SSSR count). The van der Waals surface area contributed by atoms with E-state index >= 15 is 0 Å². The Kier molecular flexibility index (Phi) is 3.58. The maximum atomic E-state index is 12.3. The highest BCUT2D eigenvalue weighted by molar-refractivity contribution is 6.05. The van der Waals surface area contributed by atoms with Crippen molar-refractivity contribution >= 4 is 11.6 Å². The summed E-state index contributed by atoms with van der Waals surface area (Å²) >= 11 is 0. The smallest absolute Gasteiger partial charge is 0.258 e. The van der Waals surface area contributed by atoms with Gasteiger partial charge in [-0.1, -0.05) is 17.7 Å². The fourth-order valence-corrected chi connectivity index (χ4v) is 1.70. The first-order valence-corrected chi connectivity index (χ1v) is 5.82. The van der Waals surface area contributed by atoms with Crippen molar-refractivity contribution in [2.45, 2.75) is 6.92 Å². The van der Waals surface area contributed by atoms with Crippen LogP contribution < -0.4 is 4.90 Å². The molecule has 94 valence electrons. The first-order chi connectivity index (χ1) is 9.11. The van der Waals surface area contributed by atoms with Gasteiger partial charge in [0.15, 0.2) is 0 Å². The van der Waals surface area contributed by atoms with Gasteiger partial charge in [0.25, 0.3) is 5.91 Å². The zero-order valence-corrected chi connectivity index (χ0v) is 10.8. The lowest BCUT2D eigenvalue weighted by Crippen LogP contribution is -2.26. The van der Waals surface area contributed by atoms with Gasteiger partial charge in [0, 0.05) is 24.5 Å². The predicted octanol–water partition coefficient (Wildman–Crippen LogP) is 2.54. The molecule has 0 unspecified atom stereocenters. The molecule has 4 nitrogen and oxygen atoms in total. The molecule has 0 saturated heterocycles. The number of aromatic nitrogens is 1. The van der Waals surface area contributed by atoms with Crippen LogP contribution in [0.1, 0.15) is 21.6 Å². The summed E-state index contributed by atoms with van der Waals surface area (Å²) in [5.41, 5.74) is 2.64. The number of hydrogen-bond donors (Lipinski definition) is 0. The van der Waals surface area contributed by atoms with E-state index in [9.17, 15) is 4.79 Å². The molecule has 0 N–H and O–H groups in total. The number of carbonyl (C=O) groups excluding carboxylic acids is 1. The lowest BCUT2D eigenvalue weighted by Gasteiger charge is -2.17. The van der Waals surface area contributed by atoms with E-state index in [1.165, 1.54) is 12.3 Å². The number of rotatable bonds is 2. The third kappa shape index (κ3) is 2.78. The zero-order valence-electron chi connectivity index (χ0n) is 10.8. The summed E-state index contributed by atoms with van der Waals surface area (Å²) in [6, 6.07) is 12.7. The minimum atomic E-state index is -0.164. The fraction of sp³-hybridized carbons (Fsp3) is 0.133. The normalized spacial score (nSPS) is 9.74. The minimum absolute atomic E-state index is 0.164. The highest BCUT2D eigenvalue weighted by Crippen LogP contribution is 2.16. The molecule has 1 aromatic carbocycles. The minimum Gasteiger partial charge on any atom is -0.311 e. The van der Waals surface area contributed by atoms with Gasteiger partial charge < -0.3 is 4.90 Å². The van der Waals surface area contributed by atoms with Crippen LogP contribution in [0.2, 0.25) is 0 Å². The number of anilines is 1. The maximum absolute atomic E-state index is 12.3. The first-order valence-electron chi connectivity index (χ1n) is 5.82. The summed E-state index contributed by atoms with van der Waals surface area (Å²) in [6.07, 6.45) is 1.47. The van der Waals surface area contributed by atoms with Crippen molar-refractivity contribution in [3.05, 3.63) is 59.4 Å². The van der Waals surface area contributed by atoms with Gasteiger partial charge in [-0.05, 0) is 31.2 Å². The highest BCUT2D eigenvalue weighted by Gasteiger charge is 2.13. The molecule has 0 aliphatic rings. The van der Waals surface area contributed by atoms with Crippen LogP contribution in [-0.4, -0.2) is 17.9 Å². The highest BCUT2D eigenvalue weighted by atomic mass is 16.2. The van der Waals surface area contributed by atoms with Gasteiger partial charge in [0.1, 0.15) is 11.8 Å². The molecule has 2 aromatic rings. The lowest BCUT2D eigenvalue weighted by atomic mass is 10.1. The Morgan fingerprint density at radius 1 is 1.26 bits per heavy atom. The Balaban J connectivity index is 2.28. The van der Waals surface area contributed by atoms with Crippen molar-refractivity contribution in [3.8, 4) is 6.07 Å². The summed E-state index contributed by atoms with van der Waals surface area (Å²) < 4.78 is 0. The molecule has 0 fully saturated rings. The number of nitriles is 1. The molecule has 0 bridgehead atoms. The largest absolute Gasteiger partial charge is 0.311 e. The Morgan fingerprint density at radius 3 is 2.58 bits per heavy atom. The van der Waals surface area contributed by atoms with Gasteiger partial charge >= 0.3 is 0 Å². The summed E-state index contributed by atoms with van der Waals surface area (Å²) in [6.45, 7) is 1.99. The van der Waals surface area contributed by atoms with Crippen LogP contribution in [-0.2, 0) is 0 Å². The van der Waals surface area contributed by atoms with Gasteiger partial charge in [0.05, 0.1) is 0 Å². The molecular weight excluding hydrogens is 238 g/mol. The van der Waals surface area contributed by atoms with E-state index in [4.69, 9.17) is 5.26 Å². The van der Waals surface area contributed by atoms with E-state index in [1.54, 1.807) is 18.0 Å². The molecule has 0 spiro atoms. The Hall–Kier alpha value is -2.67. The molecule has 1 amide bonds. The van der Waals surface area contributed by atoms with Gasteiger partial charge in [-0.15, -0.1) is 0 Å². The quantitative estimate of drug-likeness (QED) is 0.824. The maximum Gasteiger partial charge on any atom is 0.258 e. The molecule has 19 heavy (non-hydrogen) atoms. The van der Waals surface area contributed by atoms with Gasteiger partial charge in [-0.25, -0.2) is 4.98 Å². The van der Waals surface area contributed by atoms with Crippen LogP contribution >= 0.6 is 0 Å². The molecule has 0 aliphatic carbocycles. The van der Waals surface area contributed by atoms with Crippen molar-refractivity contribution in [1.82, 2.24) is 4.98 Å². The second-order valence-electron chi connectivity index (χ2n) is 4.24. The fourth-order valence-electron chi connectivity index (χ4n) is 1.70. The molecule has 0 aliphatic heterocycles. The van der Waals surface area contributed by atoms with Gasteiger partial charge in [-0.2, -0.15) is 5.26 Å². The van der Waals surface area contributed by atoms with Gasteiger partial charge in [0.2, 0.25) is 0 Å². The topological polar surface area (TPSA) is 57.0 Å². The Bertz CT molecular complexity index is 641. The zero-order chi connectivity index (χ0) is 13.8. The summed E-state index contributed by atoms with van der Waals surface area (Å²) in [5, 5.41) is 8.79. The molecule has 0 radical (unpaired) electrons. The number of nitrogens with zero attached hydrogens (tertiary/aromatic N) is 3. The average Bonchev–Trinajstić information content (AvgIpc) is 2.46. The van der Waals surface area contributed by atoms with E-state index in [-0.39, 0.29) is 11.6 Å². The van der Waals surface area contributed by atoms with Crippen LogP contribution in [0.15, 0.2) is 42.6 Å². The first kappa shape index (κ1) is 12.8. The standard InChI is InChI=1S/C15H13N3O/c1-11-3-5-14(6-4-11)18(2)15(19)12-7-8-17-13(9-12)10-16/h3-9H,1-2H3. The third-order valence-electron chi connectivity index (χ3n) is 2.85. The van der Waals surface area contributed by atoms with Crippen LogP contribution in [0.25, 0.3) is 0 Å². The van der Waals surface area contributed by atoms with E-state index in [1.807, 2.05) is 37.3 Å². The predicted molar refractivity (Wildman–Crippen MR) is 72.9 cm³/mol. The van der Waals surface area contributed by atoms with E-state index < -0.39 is 0 Å². The van der Waals surface area contributed by atoms with E-state index in [0.717, 1.165) is 11.3 Å². The Morgan fingerprint density at radius 2 is 1.95 bits per heavy atom. The monoisotopic (exact) mass is 251 g/mol. The van der Waals surface area contributed by atoms with Crippen LogP contribution in [0.4, 0.5) is 5.69 Å². The molecule has 0 saturated carbocycles. The van der Waals surface area contributed by atoms with E-state index in [2.05, 4.69) is 4.98 Å². The number of pyridine rings is 1. The SMILES string of the molecule is Cc1ccc(N(C)C(=O)c2ccnc(C#N)c2)cc1. The third-order valence-corrected chi connectivity index (χ3v) is 2.85. The molecule has 4 heteroatoms. The Labute approximate surface area is 111 Å². The molecular formula is C15H13N3O. The van der Waals surface area contributed by atoms with Crippen LogP contribution in [0.5, 0.6) is 0 Å². The summed E-state index contributed by atoms with van der Waals surface area (Å²) in [7, 11) is 1.71. The van der Waals surface area contributed by atoms with Crippen molar-refractivity contribution in [2.24, 2.45) is 0 Å². The van der Waals surface area contributed by atoms with Crippen molar-refractivity contribution in [2.75, 3.05) is 11.9 Å². The second-order valence-corrected chi connectivity index (χ2v) is 4.24. The van der Waals surface area contributed by atoms with Crippen molar-refractivity contribution in [3.63, 3.8) is 0 Å². The number of carbonyl (C=O) groups is 1. The van der Waals surface area contributed by atoms with Gasteiger partial charge in [-0.3, -0.25) is 4.79 Å².